The molecule has 1 saturated heterocycles. The number of benzene rings is 1. The van der Waals surface area contributed by atoms with Gasteiger partial charge >= 0.3 is 6.18 Å². The maximum absolute atomic E-state index is 12.6. The highest BCUT2D eigenvalue weighted by Gasteiger charge is 2.32. The number of halogens is 3. The second kappa shape index (κ2) is 7.07. The largest absolute Gasteiger partial charge is 0.433 e. The van der Waals surface area contributed by atoms with Crippen LogP contribution in [0.4, 0.5) is 13.2 Å². The minimum absolute atomic E-state index is 0.0137. The van der Waals surface area contributed by atoms with Crippen molar-refractivity contribution in [2.24, 2.45) is 0 Å². The Morgan fingerprint density at radius 2 is 1.62 bits per heavy atom. The number of morpholine rings is 1. The minimum Gasteiger partial charge on any atom is -0.372 e. The van der Waals surface area contributed by atoms with Gasteiger partial charge in [-0.15, -0.1) is 0 Å². The van der Waals surface area contributed by atoms with Crippen LogP contribution in [0.25, 0.3) is 11.1 Å². The van der Waals surface area contributed by atoms with Gasteiger partial charge < -0.3 is 9.64 Å². The zero-order chi connectivity index (χ0) is 18.9. The van der Waals surface area contributed by atoms with Gasteiger partial charge in [-0.3, -0.25) is 9.78 Å². The molecule has 1 aromatic heterocycles. The molecule has 0 spiro atoms. The van der Waals surface area contributed by atoms with Crippen LogP contribution in [0.1, 0.15) is 29.9 Å². The molecule has 4 nitrogen and oxygen atoms in total. The van der Waals surface area contributed by atoms with Gasteiger partial charge in [0.05, 0.1) is 12.2 Å². The Bertz CT molecular complexity index is 763. The van der Waals surface area contributed by atoms with Crippen LogP contribution < -0.4 is 0 Å². The van der Waals surface area contributed by atoms with E-state index in [1.807, 2.05) is 13.8 Å². The van der Waals surface area contributed by atoms with Crippen molar-refractivity contribution in [1.82, 2.24) is 9.88 Å². The molecule has 1 aromatic carbocycles. The molecule has 2 heterocycles. The predicted molar refractivity (Wildman–Crippen MR) is 90.6 cm³/mol. The normalized spacial score (nSPS) is 20.9. The molecule has 1 aliphatic rings. The number of pyridine rings is 1. The summed E-state index contributed by atoms with van der Waals surface area (Å²) in [5.41, 5.74) is 0.871. The van der Waals surface area contributed by atoms with Crippen LogP contribution in [0.2, 0.25) is 0 Å². The van der Waals surface area contributed by atoms with E-state index in [9.17, 15) is 18.0 Å². The molecule has 1 fully saturated rings. The minimum atomic E-state index is -4.46. The van der Waals surface area contributed by atoms with Crippen molar-refractivity contribution in [3.05, 3.63) is 53.9 Å². The van der Waals surface area contributed by atoms with Crippen molar-refractivity contribution < 1.29 is 22.7 Å². The third kappa shape index (κ3) is 4.04. The number of rotatable bonds is 2. The van der Waals surface area contributed by atoms with Crippen molar-refractivity contribution in [2.45, 2.75) is 32.2 Å². The Hall–Kier alpha value is -2.41. The second-order valence-electron chi connectivity index (χ2n) is 6.47. The third-order valence-electron chi connectivity index (χ3n) is 4.23. The molecule has 0 aliphatic carbocycles. The summed E-state index contributed by atoms with van der Waals surface area (Å²) in [6.07, 6.45) is -3.30. The Morgan fingerprint density at radius 1 is 1.04 bits per heavy atom. The highest BCUT2D eigenvalue weighted by atomic mass is 19.4. The lowest BCUT2D eigenvalue weighted by Gasteiger charge is -2.35. The summed E-state index contributed by atoms with van der Waals surface area (Å²) in [7, 11) is 0. The lowest BCUT2D eigenvalue weighted by molar-refractivity contribution is -0.141. The Labute approximate surface area is 149 Å². The van der Waals surface area contributed by atoms with E-state index in [1.165, 1.54) is 12.3 Å². The van der Waals surface area contributed by atoms with Gasteiger partial charge in [-0.1, -0.05) is 18.2 Å². The molecule has 7 heteroatoms. The molecule has 0 bridgehead atoms. The molecular weight excluding hydrogens is 345 g/mol. The lowest BCUT2D eigenvalue weighted by Crippen LogP contribution is -2.48. The Balaban J connectivity index is 1.75. The third-order valence-corrected chi connectivity index (χ3v) is 4.23. The van der Waals surface area contributed by atoms with Crippen molar-refractivity contribution in [3.63, 3.8) is 0 Å². The highest BCUT2D eigenvalue weighted by molar-refractivity contribution is 5.94. The fraction of sp³-hybridized carbons (Fsp3) is 0.368. The zero-order valence-corrected chi connectivity index (χ0v) is 14.5. The van der Waals surface area contributed by atoms with Crippen molar-refractivity contribution in [3.8, 4) is 11.1 Å². The fourth-order valence-electron chi connectivity index (χ4n) is 3.06. The summed E-state index contributed by atoms with van der Waals surface area (Å²) in [6.45, 7) is 4.93. The first-order chi connectivity index (χ1) is 12.2. The topological polar surface area (TPSA) is 42.4 Å². The standard InChI is InChI=1S/C19H19F3N2O2/c1-12-10-24(11-13(2)26-12)18(25)15-5-3-14(4-6-15)16-7-8-17(23-9-16)19(20,21)22/h3-9,12-13H,10-11H2,1-2H3/t12-,13+. The average molecular weight is 364 g/mol. The smallest absolute Gasteiger partial charge is 0.372 e. The van der Waals surface area contributed by atoms with Crippen LogP contribution >= 0.6 is 0 Å². The van der Waals surface area contributed by atoms with Crippen molar-refractivity contribution >= 4 is 5.91 Å². The summed E-state index contributed by atoms with van der Waals surface area (Å²) < 4.78 is 43.4. The highest BCUT2D eigenvalue weighted by Crippen LogP contribution is 2.29. The molecule has 0 radical (unpaired) electrons. The number of alkyl halides is 3. The number of carbonyl (C=O) groups excluding carboxylic acids is 1. The van der Waals surface area contributed by atoms with Gasteiger partial charge in [0, 0.05) is 30.4 Å². The van der Waals surface area contributed by atoms with Crippen LogP contribution in [0, 0.1) is 0 Å². The number of hydrogen-bond donors (Lipinski definition) is 0. The SMILES string of the molecule is C[C@@H]1CN(C(=O)c2ccc(-c3ccc(C(F)(F)F)nc3)cc2)C[C@H](C)O1. The number of ether oxygens (including phenoxy) is 1. The molecule has 1 amide bonds. The predicted octanol–water partition coefficient (Wildman–Crippen LogP) is 4.02. The first-order valence-corrected chi connectivity index (χ1v) is 8.32. The maximum atomic E-state index is 12.6. The molecule has 26 heavy (non-hydrogen) atoms. The summed E-state index contributed by atoms with van der Waals surface area (Å²) in [5, 5.41) is 0. The number of nitrogens with zero attached hydrogens (tertiary/aromatic N) is 2. The summed E-state index contributed by atoms with van der Waals surface area (Å²) >= 11 is 0. The molecular formula is C19H19F3N2O2. The van der Waals surface area contributed by atoms with E-state index in [0.717, 1.165) is 6.07 Å². The van der Waals surface area contributed by atoms with Gasteiger partial charge in [0.25, 0.3) is 5.91 Å². The number of hydrogen-bond acceptors (Lipinski definition) is 3. The molecule has 2 aromatic rings. The molecule has 0 N–H and O–H groups in total. The van der Waals surface area contributed by atoms with Crippen molar-refractivity contribution in [1.29, 1.82) is 0 Å². The first kappa shape index (κ1) is 18.4. The number of carbonyl (C=O) groups is 1. The fourth-order valence-corrected chi connectivity index (χ4v) is 3.06. The maximum Gasteiger partial charge on any atom is 0.433 e. The van der Waals surface area contributed by atoms with E-state index in [0.29, 0.717) is 29.8 Å². The molecule has 0 saturated carbocycles. The molecule has 0 unspecified atom stereocenters. The molecule has 3 rings (SSSR count). The van der Waals surface area contributed by atoms with Gasteiger partial charge in [-0.25, -0.2) is 0 Å². The van der Waals surface area contributed by atoms with E-state index in [4.69, 9.17) is 4.74 Å². The van der Waals surface area contributed by atoms with Gasteiger partial charge in [0.15, 0.2) is 0 Å². The van der Waals surface area contributed by atoms with Gasteiger partial charge in [0.2, 0.25) is 0 Å². The summed E-state index contributed by atoms with van der Waals surface area (Å²) in [6, 6.07) is 9.11. The van der Waals surface area contributed by atoms with E-state index in [2.05, 4.69) is 4.98 Å². The molecule has 138 valence electrons. The van der Waals surface area contributed by atoms with E-state index >= 15 is 0 Å². The van der Waals surface area contributed by atoms with Gasteiger partial charge in [0.1, 0.15) is 5.69 Å². The van der Waals surface area contributed by atoms with Gasteiger partial charge in [-0.2, -0.15) is 13.2 Å². The van der Waals surface area contributed by atoms with Crippen LogP contribution in [0.5, 0.6) is 0 Å². The Kier molecular flexibility index (Phi) is 5.00. The van der Waals surface area contributed by atoms with Crippen LogP contribution in [-0.4, -0.2) is 41.1 Å². The lowest BCUT2D eigenvalue weighted by atomic mass is 10.0. The van der Waals surface area contributed by atoms with Crippen LogP contribution in [0.3, 0.4) is 0 Å². The summed E-state index contributed by atoms with van der Waals surface area (Å²) in [5.74, 6) is -0.0795. The quantitative estimate of drug-likeness (QED) is 0.808. The first-order valence-electron chi connectivity index (χ1n) is 8.32. The summed E-state index contributed by atoms with van der Waals surface area (Å²) in [4.78, 5) is 17.8. The average Bonchev–Trinajstić information content (AvgIpc) is 2.60. The number of amides is 1. The van der Waals surface area contributed by atoms with E-state index in [1.54, 1.807) is 29.2 Å². The van der Waals surface area contributed by atoms with Gasteiger partial charge in [-0.05, 0) is 37.6 Å². The molecule has 2 atom stereocenters. The second-order valence-corrected chi connectivity index (χ2v) is 6.47. The van der Waals surface area contributed by atoms with Crippen LogP contribution in [0.15, 0.2) is 42.6 Å². The van der Waals surface area contributed by atoms with E-state index in [-0.39, 0.29) is 18.1 Å². The Morgan fingerprint density at radius 3 is 2.12 bits per heavy atom. The van der Waals surface area contributed by atoms with Crippen molar-refractivity contribution in [2.75, 3.05) is 13.1 Å². The van der Waals surface area contributed by atoms with E-state index < -0.39 is 11.9 Å². The van der Waals surface area contributed by atoms with Crippen LogP contribution in [-0.2, 0) is 10.9 Å². The zero-order valence-electron chi connectivity index (χ0n) is 14.5. The monoisotopic (exact) mass is 364 g/mol. The molecule has 1 aliphatic heterocycles. The number of aromatic nitrogens is 1.